The van der Waals surface area contributed by atoms with Gasteiger partial charge in [0.05, 0.1) is 12.7 Å². The zero-order valence-corrected chi connectivity index (χ0v) is 11.4. The van der Waals surface area contributed by atoms with Crippen LogP contribution in [0.15, 0.2) is 9.53 Å². The molecule has 0 spiro atoms. The second-order valence-corrected chi connectivity index (χ2v) is 5.06. The average molecular weight is 330 g/mol. The van der Waals surface area contributed by atoms with Gasteiger partial charge in [-0.05, 0) is 28.8 Å². The maximum absolute atomic E-state index is 11.7. The molecule has 0 aliphatic carbocycles. The average Bonchev–Trinajstić information content (AvgIpc) is 2.93. The minimum Gasteiger partial charge on any atom is -0.394 e. The van der Waals surface area contributed by atoms with Gasteiger partial charge in [0.1, 0.15) is 6.23 Å². The number of aromatic nitrogens is 4. The number of hydrogen-bond acceptors (Lipinski definition) is 6. The Morgan fingerprint density at radius 1 is 1.53 bits per heavy atom. The Kier molecular flexibility index (Phi) is 3.03. The molecule has 1 fully saturated rings. The van der Waals surface area contributed by atoms with Crippen LogP contribution in [0.1, 0.15) is 19.1 Å². The highest BCUT2D eigenvalue weighted by molar-refractivity contribution is 9.10. The number of imidazole rings is 1. The summed E-state index contributed by atoms with van der Waals surface area (Å²) in [6, 6.07) is 0. The summed E-state index contributed by atoms with van der Waals surface area (Å²) in [5.41, 5.74) is 5.74. The number of nitrogens with zero attached hydrogens (tertiary/aromatic N) is 3. The van der Waals surface area contributed by atoms with E-state index in [1.54, 1.807) is 4.57 Å². The predicted molar refractivity (Wildman–Crippen MR) is 70.5 cm³/mol. The molecule has 3 heterocycles. The number of anilines is 1. The van der Waals surface area contributed by atoms with Crippen LogP contribution in [0, 0.1) is 0 Å². The van der Waals surface area contributed by atoms with Crippen LogP contribution in [0.3, 0.4) is 0 Å². The van der Waals surface area contributed by atoms with Crippen molar-refractivity contribution in [3.63, 3.8) is 0 Å². The number of rotatable bonds is 2. The summed E-state index contributed by atoms with van der Waals surface area (Å²) >= 11 is 3.30. The van der Waals surface area contributed by atoms with Gasteiger partial charge in [0.15, 0.2) is 15.9 Å². The number of nitrogens with one attached hydrogen (secondary N) is 1. The summed E-state index contributed by atoms with van der Waals surface area (Å²) in [4.78, 5) is 22.4. The number of nitrogens with two attached hydrogens (primary N) is 1. The zero-order chi connectivity index (χ0) is 13.6. The highest BCUT2D eigenvalue weighted by Crippen LogP contribution is 2.32. The van der Waals surface area contributed by atoms with Gasteiger partial charge in [0, 0.05) is 0 Å². The van der Waals surface area contributed by atoms with E-state index in [2.05, 4.69) is 30.9 Å². The SMILES string of the molecule is Nc1nc2c(nc(Br)n2[C@H]2CC[C@@H](CO)O2)c(=O)[nH]1. The van der Waals surface area contributed by atoms with Gasteiger partial charge in [0.2, 0.25) is 5.95 Å². The lowest BCUT2D eigenvalue weighted by atomic mass is 10.2. The van der Waals surface area contributed by atoms with Crippen LogP contribution >= 0.6 is 15.9 Å². The first-order chi connectivity index (χ1) is 9.10. The molecule has 19 heavy (non-hydrogen) atoms. The van der Waals surface area contributed by atoms with Crippen molar-refractivity contribution in [2.75, 3.05) is 12.3 Å². The summed E-state index contributed by atoms with van der Waals surface area (Å²) < 4.78 is 7.80. The Balaban J connectivity index is 2.13. The molecule has 0 saturated carbocycles. The number of ether oxygens (including phenoxy) is 1. The molecular weight excluding hydrogens is 318 g/mol. The summed E-state index contributed by atoms with van der Waals surface area (Å²) in [6.45, 7) is -0.0309. The summed E-state index contributed by atoms with van der Waals surface area (Å²) in [5.74, 6) is 0.0304. The van der Waals surface area contributed by atoms with Crippen molar-refractivity contribution in [1.82, 2.24) is 19.5 Å². The molecule has 0 aromatic carbocycles. The maximum atomic E-state index is 11.7. The third kappa shape index (κ3) is 2.03. The van der Waals surface area contributed by atoms with Crippen LogP contribution in [-0.2, 0) is 4.74 Å². The van der Waals surface area contributed by atoms with E-state index in [0.717, 1.165) is 6.42 Å². The standard InChI is InChI=1S/C10H12BrN5O3/c11-9-13-6-7(14-10(12)15-8(6)18)16(9)5-2-1-4(3-17)19-5/h4-5,17H,1-3H2,(H3,12,14,15,18)/t4-,5+/m0/s1. The molecule has 2 aromatic rings. The number of aliphatic hydroxyl groups is 1. The van der Waals surface area contributed by atoms with E-state index >= 15 is 0 Å². The largest absolute Gasteiger partial charge is 0.394 e. The molecule has 0 amide bonds. The van der Waals surface area contributed by atoms with E-state index in [1.807, 2.05) is 0 Å². The Hall–Kier alpha value is -1.45. The number of H-pyrrole nitrogens is 1. The molecule has 102 valence electrons. The normalized spacial score (nSPS) is 23.3. The molecule has 2 aromatic heterocycles. The highest BCUT2D eigenvalue weighted by Gasteiger charge is 2.29. The van der Waals surface area contributed by atoms with Gasteiger partial charge in [-0.25, -0.2) is 4.98 Å². The first kappa shape index (κ1) is 12.6. The highest BCUT2D eigenvalue weighted by atomic mass is 79.9. The molecule has 8 nitrogen and oxygen atoms in total. The minimum absolute atomic E-state index is 0.0304. The first-order valence-corrected chi connectivity index (χ1v) is 6.59. The van der Waals surface area contributed by atoms with E-state index in [9.17, 15) is 4.79 Å². The van der Waals surface area contributed by atoms with Gasteiger partial charge in [-0.2, -0.15) is 4.98 Å². The van der Waals surface area contributed by atoms with Crippen molar-refractivity contribution in [3.8, 4) is 0 Å². The van der Waals surface area contributed by atoms with Gasteiger partial charge in [-0.1, -0.05) is 0 Å². The molecule has 1 saturated heterocycles. The second-order valence-electron chi connectivity index (χ2n) is 4.35. The number of halogens is 1. The van der Waals surface area contributed by atoms with Crippen LogP contribution in [0.25, 0.3) is 11.2 Å². The maximum Gasteiger partial charge on any atom is 0.280 e. The monoisotopic (exact) mass is 329 g/mol. The fraction of sp³-hybridized carbons (Fsp3) is 0.500. The molecule has 4 N–H and O–H groups in total. The van der Waals surface area contributed by atoms with Gasteiger partial charge < -0.3 is 15.6 Å². The molecule has 3 rings (SSSR count). The zero-order valence-electron chi connectivity index (χ0n) is 9.84. The Morgan fingerprint density at radius 2 is 2.32 bits per heavy atom. The van der Waals surface area contributed by atoms with Crippen molar-refractivity contribution in [2.24, 2.45) is 0 Å². The predicted octanol–water partition coefficient (Wildman–Crippen LogP) is 0.134. The summed E-state index contributed by atoms with van der Waals surface area (Å²) in [7, 11) is 0. The van der Waals surface area contributed by atoms with E-state index in [4.69, 9.17) is 15.6 Å². The second kappa shape index (κ2) is 4.58. The van der Waals surface area contributed by atoms with Crippen molar-refractivity contribution in [3.05, 3.63) is 15.1 Å². The smallest absolute Gasteiger partial charge is 0.280 e. The number of aliphatic hydroxyl groups excluding tert-OH is 1. The number of aromatic amines is 1. The van der Waals surface area contributed by atoms with Gasteiger partial charge in [-0.15, -0.1) is 0 Å². The van der Waals surface area contributed by atoms with Crippen LogP contribution in [0.5, 0.6) is 0 Å². The van der Waals surface area contributed by atoms with E-state index in [0.29, 0.717) is 16.8 Å². The van der Waals surface area contributed by atoms with E-state index in [1.165, 1.54) is 0 Å². The number of hydrogen-bond donors (Lipinski definition) is 3. The Morgan fingerprint density at radius 3 is 3.00 bits per heavy atom. The third-order valence-electron chi connectivity index (χ3n) is 3.10. The lowest BCUT2D eigenvalue weighted by molar-refractivity contribution is -0.0217. The molecule has 9 heteroatoms. The van der Waals surface area contributed by atoms with Crippen LogP contribution in [0.4, 0.5) is 5.95 Å². The first-order valence-electron chi connectivity index (χ1n) is 5.79. The van der Waals surface area contributed by atoms with Crippen molar-refractivity contribution in [2.45, 2.75) is 25.2 Å². The number of fused-ring (bicyclic) bond motifs is 1. The Bertz CT molecular complexity index is 682. The Labute approximate surface area is 115 Å². The van der Waals surface area contributed by atoms with Crippen molar-refractivity contribution in [1.29, 1.82) is 0 Å². The third-order valence-corrected chi connectivity index (χ3v) is 3.66. The van der Waals surface area contributed by atoms with Crippen molar-refractivity contribution < 1.29 is 9.84 Å². The van der Waals surface area contributed by atoms with Gasteiger partial charge >= 0.3 is 0 Å². The van der Waals surface area contributed by atoms with Gasteiger partial charge in [-0.3, -0.25) is 14.3 Å². The van der Waals surface area contributed by atoms with E-state index in [-0.39, 0.29) is 30.4 Å². The summed E-state index contributed by atoms with van der Waals surface area (Å²) in [6.07, 6.45) is 0.939. The molecular formula is C10H12BrN5O3. The molecule has 1 aliphatic heterocycles. The van der Waals surface area contributed by atoms with Gasteiger partial charge in [0.25, 0.3) is 5.56 Å². The molecule has 0 radical (unpaired) electrons. The molecule has 0 unspecified atom stereocenters. The summed E-state index contributed by atoms with van der Waals surface area (Å²) in [5, 5.41) is 9.10. The molecule has 2 atom stereocenters. The van der Waals surface area contributed by atoms with Crippen LogP contribution in [-0.4, -0.2) is 37.3 Å². The van der Waals surface area contributed by atoms with E-state index < -0.39 is 5.56 Å². The van der Waals surface area contributed by atoms with Crippen molar-refractivity contribution >= 4 is 33.0 Å². The molecule has 0 bridgehead atoms. The number of nitrogen functional groups attached to an aromatic ring is 1. The molecule has 1 aliphatic rings. The fourth-order valence-electron chi connectivity index (χ4n) is 2.24. The lowest BCUT2D eigenvalue weighted by Crippen LogP contribution is -2.16. The minimum atomic E-state index is -0.390. The topological polar surface area (TPSA) is 119 Å². The fourth-order valence-corrected chi connectivity index (χ4v) is 2.81. The van der Waals surface area contributed by atoms with Crippen LogP contribution < -0.4 is 11.3 Å². The lowest BCUT2D eigenvalue weighted by Gasteiger charge is -2.15. The van der Waals surface area contributed by atoms with Crippen LogP contribution in [0.2, 0.25) is 0 Å². The quantitative estimate of drug-likeness (QED) is 0.674.